The van der Waals surface area contributed by atoms with Gasteiger partial charge in [0.25, 0.3) is 0 Å². The second-order valence-corrected chi connectivity index (χ2v) is 9.53. The van der Waals surface area contributed by atoms with E-state index in [1.54, 1.807) is 16.9 Å². The molecule has 0 spiro atoms. The van der Waals surface area contributed by atoms with Gasteiger partial charge in [0.05, 0.1) is 7.11 Å². The molecule has 0 saturated carbocycles. The number of nitrogens with zero attached hydrogens (tertiary/aromatic N) is 4. The van der Waals surface area contributed by atoms with E-state index >= 15 is 0 Å². The monoisotopic (exact) mass is 472 g/mol. The summed E-state index contributed by atoms with van der Waals surface area (Å²) in [6.07, 6.45) is 6.69. The minimum absolute atomic E-state index is 0.0140. The predicted octanol–water partition coefficient (Wildman–Crippen LogP) is 3.65. The van der Waals surface area contributed by atoms with E-state index in [-0.39, 0.29) is 18.5 Å². The van der Waals surface area contributed by atoms with E-state index in [1.807, 2.05) is 18.7 Å². The van der Waals surface area contributed by atoms with Crippen LogP contribution in [0.5, 0.6) is 5.75 Å². The molecule has 0 aromatic heterocycles. The third-order valence-corrected chi connectivity index (χ3v) is 7.39. The summed E-state index contributed by atoms with van der Waals surface area (Å²) in [5.41, 5.74) is 2.89. The highest BCUT2D eigenvalue weighted by atomic mass is 16.5. The third-order valence-electron chi connectivity index (χ3n) is 7.39. The maximum absolute atomic E-state index is 12.6. The zero-order valence-corrected chi connectivity index (χ0v) is 21.7. The first-order valence-electron chi connectivity index (χ1n) is 13.2. The number of amides is 3. The molecule has 7 heteroatoms. The van der Waals surface area contributed by atoms with Crippen molar-refractivity contribution >= 4 is 11.9 Å². The average molecular weight is 473 g/mol. The normalized spacial score (nSPS) is 18.3. The molecule has 1 aliphatic heterocycles. The number of piperazine rings is 1. The fourth-order valence-electron chi connectivity index (χ4n) is 5.34. The largest absolute Gasteiger partial charge is 0.497 e. The topological polar surface area (TPSA) is 56.3 Å². The van der Waals surface area contributed by atoms with Gasteiger partial charge in [0, 0.05) is 38.8 Å². The van der Waals surface area contributed by atoms with E-state index in [1.165, 1.54) is 17.5 Å². The molecule has 0 bridgehead atoms. The summed E-state index contributed by atoms with van der Waals surface area (Å²) in [5.74, 6) is 1.03. The highest BCUT2D eigenvalue weighted by Crippen LogP contribution is 2.28. The molecule has 1 fully saturated rings. The molecule has 3 rings (SSSR count). The molecule has 0 radical (unpaired) electrons. The zero-order valence-electron chi connectivity index (χ0n) is 21.7. The first-order chi connectivity index (χ1) is 16.5. The Labute approximate surface area is 206 Å². The fourth-order valence-corrected chi connectivity index (χ4v) is 5.34. The number of aryl methyl sites for hydroxylation is 1. The summed E-state index contributed by atoms with van der Waals surface area (Å²) in [7, 11) is 1.74. The lowest BCUT2D eigenvalue weighted by Crippen LogP contribution is -2.55. The lowest BCUT2D eigenvalue weighted by Gasteiger charge is -2.37. The lowest BCUT2D eigenvalue weighted by molar-refractivity contribution is -0.135. The average Bonchev–Trinajstić information content (AvgIpc) is 2.86. The number of urea groups is 1. The maximum atomic E-state index is 12.6. The van der Waals surface area contributed by atoms with Crippen LogP contribution in [-0.4, -0.2) is 97.0 Å². The van der Waals surface area contributed by atoms with E-state index in [9.17, 15) is 9.59 Å². The molecule has 3 amide bonds. The van der Waals surface area contributed by atoms with Crippen LogP contribution in [0.15, 0.2) is 18.2 Å². The van der Waals surface area contributed by atoms with E-state index in [4.69, 9.17) is 4.74 Å². The van der Waals surface area contributed by atoms with Crippen molar-refractivity contribution in [1.82, 2.24) is 19.6 Å². The van der Waals surface area contributed by atoms with Crippen LogP contribution < -0.4 is 4.74 Å². The molecule has 1 atom stereocenters. The summed E-state index contributed by atoms with van der Waals surface area (Å²) in [5, 5.41) is 0. The van der Waals surface area contributed by atoms with Crippen LogP contribution in [0, 0.1) is 0 Å². The summed E-state index contributed by atoms with van der Waals surface area (Å²) in [6, 6.07) is 7.07. The molecule has 1 aromatic rings. The summed E-state index contributed by atoms with van der Waals surface area (Å²) < 4.78 is 5.44. The second kappa shape index (κ2) is 13.0. The van der Waals surface area contributed by atoms with E-state index < -0.39 is 0 Å². The molecule has 1 heterocycles. The predicted molar refractivity (Wildman–Crippen MR) is 136 cm³/mol. The highest BCUT2D eigenvalue weighted by molar-refractivity contribution is 5.85. The number of benzene rings is 1. The standard InChI is InChI=1S/C27H44N4O3/c1-5-14-29(24-12-10-22-11-13-25(34-4)20-23(22)19-24)15-8-9-16-30-17-18-31(21-26(30)32)27(33)28(6-2)7-3/h11,13,20,24H,5-10,12,14-19,21H2,1-4H3. The Morgan fingerprint density at radius 2 is 1.88 bits per heavy atom. The Morgan fingerprint density at radius 1 is 1.09 bits per heavy atom. The zero-order chi connectivity index (χ0) is 24.5. The lowest BCUT2D eigenvalue weighted by atomic mass is 9.87. The van der Waals surface area contributed by atoms with Gasteiger partial charge in [-0.15, -0.1) is 0 Å². The van der Waals surface area contributed by atoms with Gasteiger partial charge in [-0.2, -0.15) is 0 Å². The minimum Gasteiger partial charge on any atom is -0.497 e. The first kappa shape index (κ1) is 26.3. The Balaban J connectivity index is 1.44. The van der Waals surface area contributed by atoms with Crippen LogP contribution in [0.2, 0.25) is 0 Å². The molecule has 1 unspecified atom stereocenters. The van der Waals surface area contributed by atoms with Gasteiger partial charge in [-0.05, 0) is 88.7 Å². The smallest absolute Gasteiger partial charge is 0.320 e. The summed E-state index contributed by atoms with van der Waals surface area (Å²) >= 11 is 0. The Hall–Kier alpha value is -2.28. The summed E-state index contributed by atoms with van der Waals surface area (Å²) in [4.78, 5) is 33.3. The van der Waals surface area contributed by atoms with Crippen LogP contribution >= 0.6 is 0 Å². The molecule has 34 heavy (non-hydrogen) atoms. The first-order valence-corrected chi connectivity index (χ1v) is 13.2. The molecular weight excluding hydrogens is 428 g/mol. The van der Waals surface area contributed by atoms with Gasteiger partial charge in [-0.3, -0.25) is 4.79 Å². The number of carbonyl (C=O) groups is 2. The molecule has 0 N–H and O–H groups in total. The molecule has 1 saturated heterocycles. The molecular formula is C27H44N4O3. The number of hydrogen-bond donors (Lipinski definition) is 0. The van der Waals surface area contributed by atoms with Crippen molar-refractivity contribution in [3.05, 3.63) is 29.3 Å². The Kier molecular flexibility index (Phi) is 10.1. The van der Waals surface area contributed by atoms with Gasteiger partial charge in [0.1, 0.15) is 12.3 Å². The number of methoxy groups -OCH3 is 1. The van der Waals surface area contributed by atoms with Crippen molar-refractivity contribution < 1.29 is 14.3 Å². The van der Waals surface area contributed by atoms with E-state index in [0.29, 0.717) is 32.2 Å². The molecule has 1 aliphatic carbocycles. The number of fused-ring (bicyclic) bond motifs is 1. The quantitative estimate of drug-likeness (QED) is 0.462. The molecule has 7 nitrogen and oxygen atoms in total. The van der Waals surface area contributed by atoms with Crippen molar-refractivity contribution in [3.63, 3.8) is 0 Å². The van der Waals surface area contributed by atoms with Crippen molar-refractivity contribution in [2.75, 3.05) is 59.5 Å². The van der Waals surface area contributed by atoms with Gasteiger partial charge in [0.15, 0.2) is 0 Å². The number of hydrogen-bond acceptors (Lipinski definition) is 4. The van der Waals surface area contributed by atoms with Crippen molar-refractivity contribution in [1.29, 1.82) is 0 Å². The molecule has 2 aliphatic rings. The van der Waals surface area contributed by atoms with Gasteiger partial charge >= 0.3 is 6.03 Å². The minimum atomic E-state index is -0.0140. The number of carbonyl (C=O) groups excluding carboxylic acids is 2. The fraction of sp³-hybridized carbons (Fsp3) is 0.704. The third kappa shape index (κ3) is 6.65. The van der Waals surface area contributed by atoms with E-state index in [0.717, 1.165) is 57.5 Å². The van der Waals surface area contributed by atoms with Crippen LogP contribution in [0.1, 0.15) is 57.6 Å². The molecule has 1 aromatic carbocycles. The number of rotatable bonds is 11. The van der Waals surface area contributed by atoms with Gasteiger partial charge in [-0.25, -0.2) is 4.79 Å². The highest BCUT2D eigenvalue weighted by Gasteiger charge is 2.29. The van der Waals surface area contributed by atoms with Crippen molar-refractivity contribution in [3.8, 4) is 5.75 Å². The van der Waals surface area contributed by atoms with Gasteiger partial charge in [-0.1, -0.05) is 13.0 Å². The number of ether oxygens (including phenoxy) is 1. The SMILES string of the molecule is CCCN(CCCCN1CCN(C(=O)N(CC)CC)CC1=O)C1CCc2ccc(OC)cc2C1. The van der Waals surface area contributed by atoms with Crippen LogP contribution in [0.3, 0.4) is 0 Å². The number of unbranched alkanes of at least 4 members (excludes halogenated alkanes) is 1. The van der Waals surface area contributed by atoms with Crippen LogP contribution in [-0.2, 0) is 17.6 Å². The van der Waals surface area contributed by atoms with Crippen molar-refractivity contribution in [2.45, 2.75) is 65.3 Å². The Morgan fingerprint density at radius 3 is 2.56 bits per heavy atom. The van der Waals surface area contributed by atoms with Crippen LogP contribution in [0.4, 0.5) is 4.79 Å². The summed E-state index contributed by atoms with van der Waals surface area (Å²) in [6.45, 7) is 12.0. The second-order valence-electron chi connectivity index (χ2n) is 9.53. The van der Waals surface area contributed by atoms with Gasteiger partial charge in [0.2, 0.25) is 5.91 Å². The maximum Gasteiger partial charge on any atom is 0.320 e. The molecule has 190 valence electrons. The van der Waals surface area contributed by atoms with Gasteiger partial charge < -0.3 is 24.3 Å². The van der Waals surface area contributed by atoms with Crippen LogP contribution in [0.25, 0.3) is 0 Å². The Bertz CT molecular complexity index is 811. The van der Waals surface area contributed by atoms with Crippen molar-refractivity contribution in [2.24, 2.45) is 0 Å². The van der Waals surface area contributed by atoms with E-state index in [2.05, 4.69) is 30.0 Å².